The Labute approximate surface area is 122 Å². The zero-order chi connectivity index (χ0) is 14.7. The summed E-state index contributed by atoms with van der Waals surface area (Å²) in [6.45, 7) is 5.36. The van der Waals surface area contributed by atoms with Crippen LogP contribution in [0.3, 0.4) is 0 Å². The number of pyridine rings is 1. The molecular weight excluding hydrogens is 270 g/mol. The Morgan fingerprint density at radius 1 is 1.33 bits per heavy atom. The van der Waals surface area contributed by atoms with Gasteiger partial charge >= 0.3 is 0 Å². The molecule has 1 aliphatic rings. The second kappa shape index (κ2) is 6.01. The first-order chi connectivity index (χ1) is 10.2. The van der Waals surface area contributed by atoms with E-state index in [-0.39, 0.29) is 5.91 Å². The second-order valence-electron chi connectivity index (χ2n) is 5.04. The van der Waals surface area contributed by atoms with E-state index >= 15 is 0 Å². The van der Waals surface area contributed by atoms with Crippen molar-refractivity contribution in [3.8, 4) is 11.4 Å². The first kappa shape index (κ1) is 13.7. The lowest BCUT2D eigenvalue weighted by Crippen LogP contribution is -2.47. The van der Waals surface area contributed by atoms with Gasteiger partial charge in [-0.2, -0.15) is 4.98 Å². The Kier molecular flexibility index (Phi) is 3.92. The molecule has 0 N–H and O–H groups in total. The van der Waals surface area contributed by atoms with Gasteiger partial charge in [-0.05, 0) is 12.1 Å². The third-order valence-corrected chi connectivity index (χ3v) is 3.56. The minimum absolute atomic E-state index is 0.131. The van der Waals surface area contributed by atoms with Crippen LogP contribution < -0.4 is 0 Å². The molecule has 0 bridgehead atoms. The maximum absolute atomic E-state index is 11.3. The van der Waals surface area contributed by atoms with Gasteiger partial charge in [0.05, 0.1) is 6.54 Å². The minimum Gasteiger partial charge on any atom is -0.340 e. The maximum atomic E-state index is 11.3. The van der Waals surface area contributed by atoms with E-state index in [4.69, 9.17) is 4.52 Å². The van der Waals surface area contributed by atoms with Crippen LogP contribution >= 0.6 is 0 Å². The molecule has 7 heteroatoms. The number of carbonyl (C=O) groups excluding carboxylic acids is 1. The highest BCUT2D eigenvalue weighted by atomic mass is 16.5. The van der Waals surface area contributed by atoms with Gasteiger partial charge in [0, 0.05) is 51.1 Å². The Morgan fingerprint density at radius 2 is 2.14 bits per heavy atom. The Morgan fingerprint density at radius 3 is 2.81 bits per heavy atom. The van der Waals surface area contributed by atoms with Gasteiger partial charge < -0.3 is 9.42 Å². The lowest BCUT2D eigenvalue weighted by atomic mass is 10.3. The second-order valence-corrected chi connectivity index (χ2v) is 5.04. The van der Waals surface area contributed by atoms with Gasteiger partial charge in [-0.1, -0.05) is 5.16 Å². The Hall–Kier alpha value is -2.28. The van der Waals surface area contributed by atoms with Crippen LogP contribution in [0.15, 0.2) is 29.0 Å². The summed E-state index contributed by atoms with van der Waals surface area (Å²) in [7, 11) is 0. The quantitative estimate of drug-likeness (QED) is 0.831. The fourth-order valence-electron chi connectivity index (χ4n) is 2.34. The molecule has 0 aromatic carbocycles. The highest BCUT2D eigenvalue weighted by Gasteiger charge is 2.20. The molecule has 3 rings (SSSR count). The lowest BCUT2D eigenvalue weighted by Gasteiger charge is -2.33. The molecule has 0 atom stereocenters. The van der Waals surface area contributed by atoms with Crippen molar-refractivity contribution in [1.82, 2.24) is 24.9 Å². The number of rotatable bonds is 3. The van der Waals surface area contributed by atoms with E-state index < -0.39 is 0 Å². The van der Waals surface area contributed by atoms with Crippen LogP contribution in [0.4, 0.5) is 0 Å². The molecule has 0 radical (unpaired) electrons. The van der Waals surface area contributed by atoms with E-state index in [9.17, 15) is 4.79 Å². The average Bonchev–Trinajstić information content (AvgIpc) is 2.97. The first-order valence-corrected chi connectivity index (χ1v) is 6.93. The van der Waals surface area contributed by atoms with Gasteiger partial charge in [-0.3, -0.25) is 14.7 Å². The topological polar surface area (TPSA) is 75.4 Å². The van der Waals surface area contributed by atoms with E-state index in [1.165, 1.54) is 0 Å². The number of hydrogen-bond donors (Lipinski definition) is 0. The summed E-state index contributed by atoms with van der Waals surface area (Å²) in [5, 5.41) is 3.98. The maximum Gasteiger partial charge on any atom is 0.241 e. The standard InChI is InChI=1S/C14H17N5O2/c1-11(20)19-7-5-18(6-8-19)10-13-16-14(17-21-13)12-3-2-4-15-9-12/h2-4,9H,5-8,10H2,1H3. The third-order valence-electron chi connectivity index (χ3n) is 3.56. The predicted molar refractivity (Wildman–Crippen MR) is 75.1 cm³/mol. The fourth-order valence-corrected chi connectivity index (χ4v) is 2.34. The summed E-state index contributed by atoms with van der Waals surface area (Å²) in [6.07, 6.45) is 3.42. The molecule has 2 aromatic heterocycles. The van der Waals surface area contributed by atoms with E-state index in [1.807, 2.05) is 17.0 Å². The van der Waals surface area contributed by atoms with Crippen molar-refractivity contribution in [2.75, 3.05) is 26.2 Å². The van der Waals surface area contributed by atoms with Crippen molar-refractivity contribution < 1.29 is 9.32 Å². The molecule has 0 unspecified atom stereocenters. The third kappa shape index (κ3) is 3.25. The summed E-state index contributed by atoms with van der Waals surface area (Å²) < 4.78 is 5.28. The Bertz CT molecular complexity index is 605. The van der Waals surface area contributed by atoms with Gasteiger partial charge in [-0.25, -0.2) is 0 Å². The number of nitrogens with zero attached hydrogens (tertiary/aromatic N) is 5. The predicted octanol–water partition coefficient (Wildman–Crippen LogP) is 0.796. The molecule has 0 spiro atoms. The van der Waals surface area contributed by atoms with E-state index in [0.29, 0.717) is 18.3 Å². The molecule has 3 heterocycles. The van der Waals surface area contributed by atoms with E-state index in [1.54, 1.807) is 19.3 Å². The van der Waals surface area contributed by atoms with Gasteiger partial charge in [0.15, 0.2) is 0 Å². The summed E-state index contributed by atoms with van der Waals surface area (Å²) in [6, 6.07) is 3.74. The molecule has 7 nitrogen and oxygen atoms in total. The van der Waals surface area contributed by atoms with Crippen molar-refractivity contribution in [1.29, 1.82) is 0 Å². The number of amides is 1. The SMILES string of the molecule is CC(=O)N1CCN(Cc2nc(-c3cccnc3)no2)CC1. The zero-order valence-corrected chi connectivity index (χ0v) is 11.9. The van der Waals surface area contributed by atoms with Crippen LogP contribution in [-0.4, -0.2) is 57.0 Å². The summed E-state index contributed by atoms with van der Waals surface area (Å²) in [4.78, 5) is 23.8. The summed E-state index contributed by atoms with van der Waals surface area (Å²) >= 11 is 0. The number of hydrogen-bond acceptors (Lipinski definition) is 6. The Balaban J connectivity index is 1.60. The average molecular weight is 287 g/mol. The first-order valence-electron chi connectivity index (χ1n) is 6.93. The number of aromatic nitrogens is 3. The largest absolute Gasteiger partial charge is 0.340 e. The minimum atomic E-state index is 0.131. The number of carbonyl (C=O) groups is 1. The summed E-state index contributed by atoms with van der Waals surface area (Å²) in [5.74, 6) is 1.27. The van der Waals surface area contributed by atoms with Crippen molar-refractivity contribution in [2.45, 2.75) is 13.5 Å². The lowest BCUT2D eigenvalue weighted by molar-refractivity contribution is -0.130. The molecule has 2 aromatic rings. The molecule has 0 aliphatic carbocycles. The smallest absolute Gasteiger partial charge is 0.241 e. The van der Waals surface area contributed by atoms with Crippen molar-refractivity contribution in [2.24, 2.45) is 0 Å². The van der Waals surface area contributed by atoms with Crippen molar-refractivity contribution in [3.05, 3.63) is 30.4 Å². The van der Waals surface area contributed by atoms with Crippen LogP contribution in [0.5, 0.6) is 0 Å². The highest BCUT2D eigenvalue weighted by molar-refractivity contribution is 5.73. The van der Waals surface area contributed by atoms with Crippen LogP contribution in [0.25, 0.3) is 11.4 Å². The molecular formula is C14H17N5O2. The summed E-state index contributed by atoms with van der Waals surface area (Å²) in [5.41, 5.74) is 0.842. The molecule has 1 amide bonds. The normalized spacial score (nSPS) is 16.1. The van der Waals surface area contributed by atoms with Crippen molar-refractivity contribution in [3.63, 3.8) is 0 Å². The van der Waals surface area contributed by atoms with Gasteiger partial charge in [0.2, 0.25) is 17.6 Å². The van der Waals surface area contributed by atoms with Gasteiger partial charge in [-0.15, -0.1) is 0 Å². The monoisotopic (exact) mass is 287 g/mol. The van der Waals surface area contributed by atoms with Crippen molar-refractivity contribution >= 4 is 5.91 Å². The molecule has 1 fully saturated rings. The van der Waals surface area contributed by atoms with Crippen LogP contribution in [0.2, 0.25) is 0 Å². The van der Waals surface area contributed by atoms with E-state index in [2.05, 4.69) is 20.0 Å². The fraction of sp³-hybridized carbons (Fsp3) is 0.429. The number of piperazine rings is 1. The highest BCUT2D eigenvalue weighted by Crippen LogP contribution is 2.15. The van der Waals surface area contributed by atoms with Gasteiger partial charge in [0.25, 0.3) is 0 Å². The molecule has 1 aliphatic heterocycles. The van der Waals surface area contributed by atoms with E-state index in [0.717, 1.165) is 31.7 Å². The van der Waals surface area contributed by atoms with Gasteiger partial charge in [0.1, 0.15) is 0 Å². The molecule has 21 heavy (non-hydrogen) atoms. The van der Waals surface area contributed by atoms with Crippen LogP contribution in [0, 0.1) is 0 Å². The molecule has 1 saturated heterocycles. The van der Waals surface area contributed by atoms with Crippen LogP contribution in [-0.2, 0) is 11.3 Å². The zero-order valence-electron chi connectivity index (χ0n) is 11.9. The molecule has 110 valence electrons. The molecule has 0 saturated carbocycles. The van der Waals surface area contributed by atoms with Crippen LogP contribution in [0.1, 0.15) is 12.8 Å².